The Bertz CT molecular complexity index is 1200. The number of carbonyl (C=O) groups excluding carboxylic acids is 1. The van der Waals surface area contributed by atoms with Crippen molar-refractivity contribution in [2.24, 2.45) is 17.6 Å². The third kappa shape index (κ3) is 4.71. The molecule has 1 aromatic carbocycles. The number of amides is 2. The SMILES string of the molecule is CCn1cc(S(=O)(=O)N2C[C@H](C[C@H](C(N)=O)C3CC3)Oc3ccc(NC(=O)O)cc32)c(Cl)n1. The lowest BCUT2D eigenvalue weighted by Gasteiger charge is -2.36. The summed E-state index contributed by atoms with van der Waals surface area (Å²) < 4.78 is 35.9. The molecule has 4 rings (SSSR count). The van der Waals surface area contributed by atoms with Crippen LogP contribution in [0.1, 0.15) is 26.2 Å². The lowest BCUT2D eigenvalue weighted by Crippen LogP contribution is -2.45. The van der Waals surface area contributed by atoms with Gasteiger partial charge < -0.3 is 15.6 Å². The fourth-order valence-electron chi connectivity index (χ4n) is 4.02. The van der Waals surface area contributed by atoms with E-state index in [4.69, 9.17) is 27.2 Å². The zero-order valence-electron chi connectivity index (χ0n) is 17.8. The van der Waals surface area contributed by atoms with Crippen LogP contribution in [0, 0.1) is 11.8 Å². The Morgan fingerprint density at radius 1 is 1.39 bits per heavy atom. The Balaban J connectivity index is 1.74. The van der Waals surface area contributed by atoms with E-state index in [1.165, 1.54) is 29.1 Å². The molecule has 0 radical (unpaired) electrons. The maximum atomic E-state index is 13.6. The van der Waals surface area contributed by atoms with Crippen molar-refractivity contribution in [3.8, 4) is 5.75 Å². The molecule has 0 spiro atoms. The van der Waals surface area contributed by atoms with Crippen LogP contribution in [0.3, 0.4) is 0 Å². The summed E-state index contributed by atoms with van der Waals surface area (Å²) in [6, 6.07) is 4.33. The molecule has 2 heterocycles. The second kappa shape index (κ2) is 8.75. The Kier molecular flexibility index (Phi) is 6.14. The lowest BCUT2D eigenvalue weighted by molar-refractivity contribution is -0.123. The van der Waals surface area contributed by atoms with E-state index in [9.17, 15) is 18.0 Å². The van der Waals surface area contributed by atoms with E-state index in [0.717, 1.165) is 17.1 Å². The molecule has 1 aromatic heterocycles. The number of nitrogens with one attached hydrogen (secondary N) is 1. The van der Waals surface area contributed by atoms with Gasteiger partial charge in [0, 0.05) is 24.3 Å². The number of primary amides is 1. The van der Waals surface area contributed by atoms with Gasteiger partial charge in [-0.05, 0) is 50.3 Å². The third-order valence-corrected chi connectivity index (χ3v) is 7.97. The van der Waals surface area contributed by atoms with Crippen LogP contribution in [0.25, 0.3) is 0 Å². The maximum Gasteiger partial charge on any atom is 0.409 e. The Labute approximate surface area is 195 Å². The van der Waals surface area contributed by atoms with E-state index >= 15 is 0 Å². The molecule has 1 aliphatic carbocycles. The van der Waals surface area contributed by atoms with Gasteiger partial charge in [0.1, 0.15) is 16.7 Å². The van der Waals surface area contributed by atoms with E-state index in [1.807, 2.05) is 0 Å². The molecule has 2 amide bonds. The van der Waals surface area contributed by atoms with Crippen LogP contribution < -0.4 is 20.1 Å². The molecule has 33 heavy (non-hydrogen) atoms. The minimum absolute atomic E-state index is 0.101. The molecule has 2 aliphatic rings. The number of fused-ring (bicyclic) bond motifs is 1. The number of benzene rings is 1. The molecule has 1 fully saturated rings. The first-order valence-corrected chi connectivity index (χ1v) is 12.3. The van der Waals surface area contributed by atoms with Crippen LogP contribution in [0.15, 0.2) is 29.3 Å². The number of ether oxygens (including phenoxy) is 1. The first kappa shape index (κ1) is 23.2. The van der Waals surface area contributed by atoms with Gasteiger partial charge in [-0.1, -0.05) is 11.6 Å². The third-order valence-electron chi connectivity index (χ3n) is 5.79. The van der Waals surface area contributed by atoms with Crippen molar-refractivity contribution in [3.05, 3.63) is 29.5 Å². The highest BCUT2D eigenvalue weighted by Crippen LogP contribution is 2.43. The van der Waals surface area contributed by atoms with Crippen molar-refractivity contribution in [3.63, 3.8) is 0 Å². The van der Waals surface area contributed by atoms with Crippen molar-refractivity contribution >= 4 is 45.0 Å². The summed E-state index contributed by atoms with van der Waals surface area (Å²) in [4.78, 5) is 22.9. The standard InChI is InChI=1S/C20H24ClN5O6S/c1-2-25-10-17(18(21)24-25)33(30,31)26-9-13(8-14(19(22)27)11-3-4-11)32-16-6-5-12(7-15(16)26)23-20(28)29/h5-7,10-11,13-14,23H,2-4,8-9H2,1H3,(H2,22,27)(H,28,29)/t13-,14-/m0/s1. The summed E-state index contributed by atoms with van der Waals surface area (Å²) >= 11 is 6.15. The van der Waals surface area contributed by atoms with Crippen LogP contribution in [0.5, 0.6) is 5.75 Å². The number of aryl methyl sites for hydroxylation is 1. The quantitative estimate of drug-likeness (QED) is 0.505. The van der Waals surface area contributed by atoms with E-state index < -0.39 is 34.0 Å². The largest absolute Gasteiger partial charge is 0.486 e. The van der Waals surface area contributed by atoms with Gasteiger partial charge in [-0.25, -0.2) is 13.2 Å². The van der Waals surface area contributed by atoms with Gasteiger partial charge >= 0.3 is 6.09 Å². The van der Waals surface area contributed by atoms with Gasteiger partial charge in [0.05, 0.1) is 12.2 Å². The van der Waals surface area contributed by atoms with Gasteiger partial charge in [0.15, 0.2) is 5.15 Å². The van der Waals surface area contributed by atoms with Gasteiger partial charge in [-0.3, -0.25) is 19.1 Å². The van der Waals surface area contributed by atoms with Gasteiger partial charge in [0.25, 0.3) is 10.0 Å². The number of nitrogens with zero attached hydrogens (tertiary/aromatic N) is 3. The molecule has 1 aliphatic heterocycles. The topological polar surface area (TPSA) is 157 Å². The molecule has 2 atom stereocenters. The molecule has 0 unspecified atom stereocenters. The number of aromatic nitrogens is 2. The van der Waals surface area contributed by atoms with E-state index in [-0.39, 0.29) is 46.1 Å². The highest BCUT2D eigenvalue weighted by atomic mass is 35.5. The second-order valence-corrected chi connectivity index (χ2v) is 10.3. The normalized spacial score (nSPS) is 18.8. The molecule has 178 valence electrons. The zero-order chi connectivity index (χ0) is 23.9. The van der Waals surface area contributed by atoms with Crippen LogP contribution >= 0.6 is 11.6 Å². The Morgan fingerprint density at radius 2 is 2.12 bits per heavy atom. The fourth-order valence-corrected chi connectivity index (χ4v) is 5.97. The second-order valence-electron chi connectivity index (χ2n) is 8.11. The minimum atomic E-state index is -4.19. The summed E-state index contributed by atoms with van der Waals surface area (Å²) in [6.45, 7) is 2.12. The number of nitrogens with two attached hydrogens (primary N) is 1. The van der Waals surface area contributed by atoms with Crippen molar-refractivity contribution in [1.82, 2.24) is 9.78 Å². The van der Waals surface area contributed by atoms with Crippen LogP contribution in [-0.4, -0.2) is 48.0 Å². The first-order valence-electron chi connectivity index (χ1n) is 10.5. The molecule has 1 saturated carbocycles. The number of carboxylic acid groups (broad SMARTS) is 1. The molecular weight excluding hydrogens is 474 g/mol. The lowest BCUT2D eigenvalue weighted by atomic mass is 9.95. The monoisotopic (exact) mass is 497 g/mol. The van der Waals surface area contributed by atoms with Crippen LogP contribution in [-0.2, 0) is 21.4 Å². The van der Waals surface area contributed by atoms with Gasteiger partial charge in [-0.2, -0.15) is 5.10 Å². The molecule has 0 bridgehead atoms. The van der Waals surface area contributed by atoms with Crippen molar-refractivity contribution in [2.45, 2.75) is 43.7 Å². The average molecular weight is 498 g/mol. The van der Waals surface area contributed by atoms with Crippen molar-refractivity contribution < 1.29 is 27.9 Å². The highest BCUT2D eigenvalue weighted by molar-refractivity contribution is 7.93. The summed E-state index contributed by atoms with van der Waals surface area (Å²) in [5, 5.41) is 15.1. The molecule has 4 N–H and O–H groups in total. The summed E-state index contributed by atoms with van der Waals surface area (Å²) in [5.41, 5.74) is 5.91. The number of anilines is 2. The van der Waals surface area contributed by atoms with Gasteiger partial charge in [-0.15, -0.1) is 0 Å². The Morgan fingerprint density at radius 3 is 2.70 bits per heavy atom. The molecule has 0 saturated heterocycles. The maximum absolute atomic E-state index is 13.6. The molecule has 11 nitrogen and oxygen atoms in total. The molecule has 13 heteroatoms. The van der Waals surface area contributed by atoms with E-state index in [2.05, 4.69) is 10.4 Å². The number of halogens is 1. The van der Waals surface area contributed by atoms with Gasteiger partial charge in [0.2, 0.25) is 5.91 Å². The van der Waals surface area contributed by atoms with Crippen molar-refractivity contribution in [2.75, 3.05) is 16.2 Å². The fraction of sp³-hybridized carbons (Fsp3) is 0.450. The van der Waals surface area contributed by atoms with Crippen LogP contribution in [0.2, 0.25) is 5.15 Å². The number of hydrogen-bond donors (Lipinski definition) is 3. The minimum Gasteiger partial charge on any atom is -0.486 e. The molecular formula is C20H24ClN5O6S. The number of rotatable bonds is 8. The summed E-state index contributed by atoms with van der Waals surface area (Å²) in [6.07, 6.45) is 1.48. The summed E-state index contributed by atoms with van der Waals surface area (Å²) in [5.74, 6) is -0.434. The number of sulfonamides is 1. The Hall–Kier alpha value is -2.99. The van der Waals surface area contributed by atoms with E-state index in [1.54, 1.807) is 6.92 Å². The molecule has 2 aromatic rings. The zero-order valence-corrected chi connectivity index (χ0v) is 19.3. The predicted octanol–water partition coefficient (Wildman–Crippen LogP) is 2.50. The summed E-state index contributed by atoms with van der Waals surface area (Å²) in [7, 11) is -4.19. The average Bonchev–Trinajstić information content (AvgIpc) is 3.51. The number of carbonyl (C=O) groups is 2. The number of hydrogen-bond acceptors (Lipinski definition) is 6. The van der Waals surface area contributed by atoms with Crippen molar-refractivity contribution in [1.29, 1.82) is 0 Å². The van der Waals surface area contributed by atoms with Crippen LogP contribution in [0.4, 0.5) is 16.2 Å². The first-order chi connectivity index (χ1) is 15.6. The predicted molar refractivity (Wildman–Crippen MR) is 120 cm³/mol. The van der Waals surface area contributed by atoms with E-state index in [0.29, 0.717) is 6.54 Å². The highest BCUT2D eigenvalue weighted by Gasteiger charge is 2.41. The smallest absolute Gasteiger partial charge is 0.409 e.